The number of hydrogen-bond acceptors (Lipinski definition) is 6. The van der Waals surface area contributed by atoms with Crippen molar-refractivity contribution in [2.75, 3.05) is 20.3 Å². The Labute approximate surface area is 263 Å². The minimum absolute atomic E-state index is 0.150. The number of ether oxygens (including phenoxy) is 5. The van der Waals surface area contributed by atoms with Gasteiger partial charge in [-0.05, 0) is 29.2 Å². The summed E-state index contributed by atoms with van der Waals surface area (Å²) in [6, 6.07) is 40.4. The van der Waals surface area contributed by atoms with E-state index in [0.717, 1.165) is 27.8 Å². The van der Waals surface area contributed by atoms with Gasteiger partial charge >= 0.3 is 5.97 Å². The van der Waals surface area contributed by atoms with Gasteiger partial charge in [0.05, 0.1) is 19.8 Å². The average molecular weight is 604 g/mol. The molecule has 5 aromatic rings. The lowest BCUT2D eigenvalue weighted by atomic mass is 9.80. The molecule has 7 heteroatoms. The quantitative estimate of drug-likeness (QED) is 0.118. The Kier molecular flexibility index (Phi) is 9.52. The zero-order valence-electron chi connectivity index (χ0n) is 25.4. The van der Waals surface area contributed by atoms with Crippen LogP contribution in [0.1, 0.15) is 63.0 Å². The zero-order chi connectivity index (χ0) is 31.1. The maximum Gasteiger partial charge on any atom is 0.355 e. The minimum atomic E-state index is -0.948. The highest BCUT2D eigenvalue weighted by Gasteiger charge is 2.44. The molecule has 0 amide bonds. The first kappa shape index (κ1) is 30.5. The third-order valence-electron chi connectivity index (χ3n) is 8.11. The fourth-order valence-electron chi connectivity index (χ4n) is 6.04. The molecule has 0 saturated carbocycles. The number of benzene rings is 4. The van der Waals surface area contributed by atoms with Gasteiger partial charge in [0, 0.05) is 24.4 Å². The molecule has 1 aliphatic rings. The molecule has 1 N–H and O–H groups in total. The van der Waals surface area contributed by atoms with Gasteiger partial charge in [0.15, 0.2) is 6.29 Å². The molecule has 3 atom stereocenters. The molecular formula is C38H37NO6. The summed E-state index contributed by atoms with van der Waals surface area (Å²) in [6.07, 6.45) is -0.292. The predicted octanol–water partition coefficient (Wildman–Crippen LogP) is 7.50. The Hall–Kier alpha value is -4.53. The highest BCUT2D eigenvalue weighted by atomic mass is 16.7. The highest BCUT2D eigenvalue weighted by molar-refractivity contribution is 5.90. The molecule has 0 spiro atoms. The molecule has 2 heterocycles. The van der Waals surface area contributed by atoms with E-state index in [1.165, 1.54) is 0 Å². The first-order valence-electron chi connectivity index (χ1n) is 15.2. The zero-order valence-corrected chi connectivity index (χ0v) is 25.4. The van der Waals surface area contributed by atoms with Crippen LogP contribution in [-0.2, 0) is 35.9 Å². The van der Waals surface area contributed by atoms with Crippen LogP contribution in [0.3, 0.4) is 0 Å². The Morgan fingerprint density at radius 2 is 1.33 bits per heavy atom. The van der Waals surface area contributed by atoms with Crippen LogP contribution >= 0.6 is 0 Å². The molecule has 0 radical (unpaired) electrons. The van der Waals surface area contributed by atoms with Gasteiger partial charge in [-0.1, -0.05) is 121 Å². The molecule has 6 rings (SSSR count). The van der Waals surface area contributed by atoms with Gasteiger partial charge in [-0.2, -0.15) is 0 Å². The molecule has 1 aliphatic heterocycles. The Morgan fingerprint density at radius 1 is 0.800 bits per heavy atom. The van der Waals surface area contributed by atoms with E-state index < -0.39 is 30.1 Å². The number of fused-ring (bicyclic) bond motifs is 1. The summed E-state index contributed by atoms with van der Waals surface area (Å²) in [4.78, 5) is 16.3. The van der Waals surface area contributed by atoms with Crippen molar-refractivity contribution in [3.05, 3.63) is 167 Å². The van der Waals surface area contributed by atoms with Crippen LogP contribution in [0.4, 0.5) is 0 Å². The van der Waals surface area contributed by atoms with Crippen LogP contribution in [0.5, 0.6) is 0 Å². The number of esters is 1. The summed E-state index contributed by atoms with van der Waals surface area (Å²) in [5, 5.41) is 0. The van der Waals surface area contributed by atoms with E-state index in [9.17, 15) is 4.79 Å². The number of carbonyl (C=O) groups excluding carboxylic acids is 1. The van der Waals surface area contributed by atoms with Crippen molar-refractivity contribution in [2.24, 2.45) is 0 Å². The number of aromatic amines is 1. The van der Waals surface area contributed by atoms with Crippen LogP contribution in [0.2, 0.25) is 0 Å². The smallest absolute Gasteiger partial charge is 0.355 e. The normalized spacial score (nSPS) is 17.9. The Bertz CT molecular complexity index is 1560. The SMILES string of the molecule is CCOC(=O)c1[nH]cc2c1[C@@H](OCc1ccccc1)[C@@H](OC)O[C@@H]2COC(c1ccccc1)(c1ccccc1)c1ccccc1. The molecule has 45 heavy (non-hydrogen) atoms. The second-order valence-electron chi connectivity index (χ2n) is 10.8. The number of rotatable bonds is 12. The molecule has 0 fully saturated rings. The van der Waals surface area contributed by atoms with Crippen molar-refractivity contribution in [1.82, 2.24) is 4.98 Å². The lowest BCUT2D eigenvalue weighted by Gasteiger charge is -2.40. The Morgan fingerprint density at radius 3 is 1.84 bits per heavy atom. The number of methoxy groups -OCH3 is 1. The topological polar surface area (TPSA) is 79.0 Å². The summed E-state index contributed by atoms with van der Waals surface area (Å²) < 4.78 is 31.4. The van der Waals surface area contributed by atoms with E-state index >= 15 is 0 Å². The van der Waals surface area contributed by atoms with Crippen molar-refractivity contribution in [3.8, 4) is 0 Å². The molecule has 0 saturated heterocycles. The first-order chi connectivity index (χ1) is 22.2. The summed E-state index contributed by atoms with van der Waals surface area (Å²) in [5.74, 6) is -0.462. The van der Waals surface area contributed by atoms with E-state index in [4.69, 9.17) is 23.7 Å². The standard InChI is InChI=1S/C38H37NO6/c1-3-42-36(40)34-33-31(24-39-34)32(45-37(41-2)35(33)43-25-27-16-8-4-9-17-27)26-44-38(28-18-10-5-11-19-28,29-20-12-6-13-21-29)30-22-14-7-15-23-30/h4-24,32,35,37,39H,3,25-26H2,1-2H3/t32-,35-,37+/m1/s1. The van der Waals surface area contributed by atoms with Gasteiger partial charge in [-0.3, -0.25) is 0 Å². The van der Waals surface area contributed by atoms with E-state index in [0.29, 0.717) is 17.9 Å². The Balaban J connectivity index is 1.40. The molecule has 230 valence electrons. The second-order valence-corrected chi connectivity index (χ2v) is 10.8. The van der Waals surface area contributed by atoms with Gasteiger partial charge in [-0.15, -0.1) is 0 Å². The third kappa shape index (κ3) is 6.21. The van der Waals surface area contributed by atoms with Crippen LogP contribution < -0.4 is 0 Å². The van der Waals surface area contributed by atoms with Crippen molar-refractivity contribution < 1.29 is 28.5 Å². The first-order valence-corrected chi connectivity index (χ1v) is 15.2. The summed E-state index contributed by atoms with van der Waals surface area (Å²) in [5.41, 5.74) is 4.71. The van der Waals surface area contributed by atoms with Crippen molar-refractivity contribution in [3.63, 3.8) is 0 Å². The number of nitrogens with one attached hydrogen (secondary N) is 1. The van der Waals surface area contributed by atoms with Gasteiger partial charge in [0.25, 0.3) is 0 Å². The van der Waals surface area contributed by atoms with Crippen LogP contribution in [-0.4, -0.2) is 37.6 Å². The van der Waals surface area contributed by atoms with Gasteiger partial charge in [0.1, 0.15) is 23.5 Å². The number of hydrogen-bond donors (Lipinski definition) is 1. The predicted molar refractivity (Wildman–Crippen MR) is 171 cm³/mol. The monoisotopic (exact) mass is 603 g/mol. The van der Waals surface area contributed by atoms with Gasteiger partial charge in [0.2, 0.25) is 0 Å². The molecule has 4 aromatic carbocycles. The van der Waals surface area contributed by atoms with E-state index in [2.05, 4.69) is 41.4 Å². The molecule has 0 aliphatic carbocycles. The molecular weight excluding hydrogens is 566 g/mol. The number of H-pyrrole nitrogens is 1. The summed E-state index contributed by atoms with van der Waals surface area (Å²) in [6.45, 7) is 2.48. The van der Waals surface area contributed by atoms with Crippen LogP contribution in [0, 0.1) is 0 Å². The minimum Gasteiger partial charge on any atom is -0.461 e. The molecule has 0 bridgehead atoms. The van der Waals surface area contributed by atoms with Gasteiger partial charge < -0.3 is 28.7 Å². The third-order valence-corrected chi connectivity index (χ3v) is 8.11. The second kappa shape index (κ2) is 14.1. The molecule has 1 aromatic heterocycles. The van der Waals surface area contributed by atoms with Gasteiger partial charge in [-0.25, -0.2) is 4.79 Å². The van der Waals surface area contributed by atoms with Crippen molar-refractivity contribution in [1.29, 1.82) is 0 Å². The van der Waals surface area contributed by atoms with Crippen molar-refractivity contribution >= 4 is 5.97 Å². The van der Waals surface area contributed by atoms with Crippen LogP contribution in [0.25, 0.3) is 0 Å². The van der Waals surface area contributed by atoms with E-state index in [-0.39, 0.29) is 13.2 Å². The van der Waals surface area contributed by atoms with Crippen molar-refractivity contribution in [2.45, 2.75) is 37.6 Å². The lowest BCUT2D eigenvalue weighted by Crippen LogP contribution is -2.39. The molecule has 0 unspecified atom stereocenters. The fraction of sp³-hybridized carbons (Fsp3) is 0.237. The largest absolute Gasteiger partial charge is 0.461 e. The van der Waals surface area contributed by atoms with E-state index in [1.54, 1.807) is 20.2 Å². The lowest BCUT2D eigenvalue weighted by molar-refractivity contribution is -0.244. The summed E-state index contributed by atoms with van der Waals surface area (Å²) >= 11 is 0. The maximum atomic E-state index is 13.1. The van der Waals surface area contributed by atoms with Crippen LogP contribution in [0.15, 0.2) is 128 Å². The number of carbonyl (C=O) groups is 1. The maximum absolute atomic E-state index is 13.1. The highest BCUT2D eigenvalue weighted by Crippen LogP contribution is 2.45. The summed E-state index contributed by atoms with van der Waals surface area (Å²) in [7, 11) is 1.57. The fourth-order valence-corrected chi connectivity index (χ4v) is 6.04. The van der Waals surface area contributed by atoms with E-state index in [1.807, 2.05) is 84.9 Å². The average Bonchev–Trinajstić information content (AvgIpc) is 3.55. The molecule has 7 nitrogen and oxygen atoms in total. The number of aromatic nitrogens is 1.